The lowest BCUT2D eigenvalue weighted by molar-refractivity contribution is -0.116. The van der Waals surface area contributed by atoms with Crippen molar-refractivity contribution in [3.63, 3.8) is 0 Å². The van der Waals surface area contributed by atoms with Gasteiger partial charge in [0.25, 0.3) is 0 Å². The largest absolute Gasteiger partial charge is 0.484 e. The number of hydrogen-bond donors (Lipinski definition) is 1. The molecule has 0 aromatic heterocycles. The van der Waals surface area contributed by atoms with Gasteiger partial charge in [-0.3, -0.25) is 4.79 Å². The van der Waals surface area contributed by atoms with Crippen molar-refractivity contribution in [3.05, 3.63) is 29.3 Å². The van der Waals surface area contributed by atoms with E-state index in [4.69, 9.17) is 17.0 Å². The lowest BCUT2D eigenvalue weighted by Gasteiger charge is -2.13. The number of nitrogens with one attached hydrogen (secondary N) is 1. The highest BCUT2D eigenvalue weighted by Gasteiger charge is 2.14. The molecule has 1 aromatic carbocycles. The van der Waals surface area contributed by atoms with Crippen molar-refractivity contribution in [3.8, 4) is 0 Å². The van der Waals surface area contributed by atoms with Gasteiger partial charge >= 0.3 is 0 Å². The van der Waals surface area contributed by atoms with Crippen molar-refractivity contribution in [2.24, 2.45) is 0 Å². The van der Waals surface area contributed by atoms with Gasteiger partial charge in [0.05, 0.1) is 11.8 Å². The van der Waals surface area contributed by atoms with Crippen molar-refractivity contribution in [1.82, 2.24) is 0 Å². The molecule has 1 N–H and O–H groups in total. The minimum atomic E-state index is -0.809. The zero-order valence-electron chi connectivity index (χ0n) is 12.3. The first-order chi connectivity index (χ1) is 9.83. The monoisotopic (exact) mass is 315 g/mol. The Labute approximate surface area is 128 Å². The van der Waals surface area contributed by atoms with Gasteiger partial charge in [0.1, 0.15) is 11.6 Å². The Bertz CT molecular complexity index is 533. The molecule has 0 spiro atoms. The van der Waals surface area contributed by atoms with Crippen LogP contribution in [0.25, 0.3) is 0 Å². The maximum absolute atomic E-state index is 13.7. The molecule has 116 valence electrons. The van der Waals surface area contributed by atoms with E-state index in [0.29, 0.717) is 6.42 Å². The highest BCUT2D eigenvalue weighted by atomic mass is 32.1. The lowest BCUT2D eigenvalue weighted by atomic mass is 10.1. The van der Waals surface area contributed by atoms with E-state index >= 15 is 0 Å². The number of amides is 1. The van der Waals surface area contributed by atoms with Gasteiger partial charge in [-0.1, -0.05) is 6.92 Å². The molecule has 0 unspecified atom stereocenters. The third kappa shape index (κ3) is 5.75. The summed E-state index contributed by atoms with van der Waals surface area (Å²) >= 11 is 5.01. The van der Waals surface area contributed by atoms with Gasteiger partial charge in [0.2, 0.25) is 5.91 Å². The van der Waals surface area contributed by atoms with Gasteiger partial charge in [-0.2, -0.15) is 0 Å². The molecule has 3 nitrogen and oxygen atoms in total. The Morgan fingerprint density at radius 1 is 1.33 bits per heavy atom. The van der Waals surface area contributed by atoms with Gasteiger partial charge in [-0.25, -0.2) is 8.78 Å². The fourth-order valence-corrected chi connectivity index (χ4v) is 2.07. The fraction of sp³-hybridized carbons (Fsp3) is 0.467. The van der Waals surface area contributed by atoms with Crippen LogP contribution in [-0.2, 0) is 16.0 Å². The topological polar surface area (TPSA) is 38.3 Å². The average molecular weight is 315 g/mol. The summed E-state index contributed by atoms with van der Waals surface area (Å²) in [7, 11) is 0. The Morgan fingerprint density at radius 3 is 2.57 bits per heavy atom. The van der Waals surface area contributed by atoms with E-state index in [1.807, 2.05) is 20.8 Å². The van der Waals surface area contributed by atoms with E-state index < -0.39 is 11.6 Å². The average Bonchev–Trinajstić information content (AvgIpc) is 2.34. The molecule has 0 bridgehead atoms. The Hall–Kier alpha value is -1.56. The molecule has 0 fully saturated rings. The lowest BCUT2D eigenvalue weighted by Crippen LogP contribution is -2.15. The zero-order chi connectivity index (χ0) is 16.0. The van der Waals surface area contributed by atoms with Crippen LogP contribution in [0, 0.1) is 11.6 Å². The smallest absolute Gasteiger partial charge is 0.224 e. The Balaban J connectivity index is 2.90. The second kappa shape index (κ2) is 8.02. The second-order valence-electron chi connectivity index (χ2n) is 4.94. The summed E-state index contributed by atoms with van der Waals surface area (Å²) in [5.74, 6) is -1.83. The molecule has 1 amide bonds. The number of benzene rings is 1. The number of carbonyl (C=O) groups excluding carboxylic acids is 1. The van der Waals surface area contributed by atoms with Gasteiger partial charge in [0, 0.05) is 18.9 Å². The van der Waals surface area contributed by atoms with Gasteiger partial charge < -0.3 is 10.1 Å². The third-order valence-electron chi connectivity index (χ3n) is 2.59. The molecule has 1 aromatic rings. The molecular formula is C15H19F2NO2S. The molecule has 0 atom stereocenters. The standard InChI is InChI=1S/C15H19F2NO2S/c1-4-5-14(19)18-13-6-10(11(16)8-12(13)17)7-15(21)20-9(2)3/h6,8-9H,4-5,7H2,1-3H3,(H,18,19). The maximum Gasteiger partial charge on any atom is 0.224 e. The fourth-order valence-electron chi connectivity index (χ4n) is 1.72. The summed E-state index contributed by atoms with van der Waals surface area (Å²) in [5, 5.41) is 2.65. The van der Waals surface area contributed by atoms with Gasteiger partial charge in [-0.05, 0) is 44.1 Å². The number of halogens is 2. The predicted molar refractivity (Wildman–Crippen MR) is 82.4 cm³/mol. The summed E-state index contributed by atoms with van der Waals surface area (Å²) < 4.78 is 32.7. The quantitative estimate of drug-likeness (QED) is 0.806. The minimum Gasteiger partial charge on any atom is -0.484 e. The molecule has 0 aliphatic carbocycles. The number of hydrogen-bond acceptors (Lipinski definition) is 3. The molecule has 0 aliphatic heterocycles. The molecular weight excluding hydrogens is 296 g/mol. The van der Waals surface area contributed by atoms with Gasteiger partial charge in [0.15, 0.2) is 5.05 Å². The van der Waals surface area contributed by atoms with Crippen LogP contribution < -0.4 is 5.32 Å². The predicted octanol–water partition coefficient (Wildman–Crippen LogP) is 4.00. The molecule has 0 heterocycles. The third-order valence-corrected chi connectivity index (χ3v) is 2.83. The van der Waals surface area contributed by atoms with Crippen LogP contribution in [0.2, 0.25) is 0 Å². The Kier molecular flexibility index (Phi) is 6.68. The maximum atomic E-state index is 13.7. The second-order valence-corrected chi connectivity index (χ2v) is 5.39. The molecule has 6 heteroatoms. The van der Waals surface area contributed by atoms with E-state index in [1.54, 1.807) is 0 Å². The zero-order valence-corrected chi connectivity index (χ0v) is 13.2. The number of ether oxygens (including phenoxy) is 1. The number of thiocarbonyl (C=S) groups is 1. The molecule has 0 saturated carbocycles. The van der Waals surface area contributed by atoms with Crippen LogP contribution in [0.1, 0.15) is 39.2 Å². The minimum absolute atomic E-state index is 0.0443. The van der Waals surface area contributed by atoms with Crippen LogP contribution in [0.5, 0.6) is 0 Å². The SMILES string of the molecule is CCCC(=O)Nc1cc(CC(=S)OC(C)C)c(F)cc1F. The van der Waals surface area contributed by atoms with E-state index in [1.165, 1.54) is 6.07 Å². The van der Waals surface area contributed by atoms with Crippen molar-refractivity contribution < 1.29 is 18.3 Å². The molecule has 0 aliphatic rings. The molecule has 1 rings (SSSR count). The first-order valence-corrected chi connectivity index (χ1v) is 7.21. The van der Waals surface area contributed by atoms with E-state index in [0.717, 1.165) is 6.07 Å². The summed E-state index contributed by atoms with van der Waals surface area (Å²) in [6, 6.07) is 2.00. The normalized spacial score (nSPS) is 10.6. The van der Waals surface area contributed by atoms with Crippen LogP contribution in [0.3, 0.4) is 0 Å². The van der Waals surface area contributed by atoms with Crippen LogP contribution in [0.15, 0.2) is 12.1 Å². The first-order valence-electron chi connectivity index (χ1n) is 6.80. The van der Waals surface area contributed by atoms with Crippen molar-refractivity contribution >= 4 is 28.9 Å². The molecule has 21 heavy (non-hydrogen) atoms. The van der Waals surface area contributed by atoms with Crippen molar-refractivity contribution in [2.75, 3.05) is 5.32 Å². The van der Waals surface area contributed by atoms with E-state index in [2.05, 4.69) is 5.32 Å². The Morgan fingerprint density at radius 2 is 2.00 bits per heavy atom. The van der Waals surface area contributed by atoms with E-state index in [-0.39, 0.29) is 41.2 Å². The van der Waals surface area contributed by atoms with Crippen LogP contribution in [0.4, 0.5) is 14.5 Å². The first kappa shape index (κ1) is 17.5. The summed E-state index contributed by atoms with van der Waals surface area (Å²) in [5.41, 5.74) is 0.144. The highest BCUT2D eigenvalue weighted by molar-refractivity contribution is 7.80. The number of anilines is 1. The van der Waals surface area contributed by atoms with Crippen molar-refractivity contribution in [1.29, 1.82) is 0 Å². The number of carbonyl (C=O) groups is 1. The highest BCUT2D eigenvalue weighted by Crippen LogP contribution is 2.21. The summed E-state index contributed by atoms with van der Waals surface area (Å²) in [4.78, 5) is 11.5. The summed E-state index contributed by atoms with van der Waals surface area (Å²) in [6.45, 7) is 5.46. The summed E-state index contributed by atoms with van der Waals surface area (Å²) in [6.07, 6.45) is 0.871. The van der Waals surface area contributed by atoms with E-state index in [9.17, 15) is 13.6 Å². The van der Waals surface area contributed by atoms with Gasteiger partial charge in [-0.15, -0.1) is 0 Å². The van der Waals surface area contributed by atoms with Crippen molar-refractivity contribution in [2.45, 2.75) is 46.1 Å². The number of rotatable bonds is 6. The molecule has 0 radical (unpaired) electrons. The van der Waals surface area contributed by atoms with Crippen LogP contribution in [-0.4, -0.2) is 17.1 Å². The molecule has 0 saturated heterocycles. The van der Waals surface area contributed by atoms with Crippen LogP contribution >= 0.6 is 12.2 Å².